The number of hydrogen-bond donors (Lipinski definition) is 1. The molecule has 0 spiro atoms. The Balaban J connectivity index is 2.07. The van der Waals surface area contributed by atoms with Gasteiger partial charge in [-0.15, -0.1) is 0 Å². The lowest BCUT2D eigenvalue weighted by molar-refractivity contribution is 0.436. The van der Waals surface area contributed by atoms with Crippen LogP contribution in [0.5, 0.6) is 0 Å². The summed E-state index contributed by atoms with van der Waals surface area (Å²) in [6.07, 6.45) is 10.2. The van der Waals surface area contributed by atoms with Gasteiger partial charge in [0.1, 0.15) is 5.69 Å². The molecule has 90 valence electrons. The zero-order chi connectivity index (χ0) is 11.8. The number of rotatable bonds is 1. The number of hydrogen-bond acceptors (Lipinski definition) is 3. The van der Waals surface area contributed by atoms with Gasteiger partial charge in [0.15, 0.2) is 5.65 Å². The van der Waals surface area contributed by atoms with Gasteiger partial charge in [-0.1, -0.05) is 19.3 Å². The molecule has 0 radical (unpaired) electrons. The first-order chi connectivity index (χ1) is 8.25. The van der Waals surface area contributed by atoms with E-state index in [4.69, 9.17) is 5.73 Å². The van der Waals surface area contributed by atoms with Gasteiger partial charge in [0.05, 0.1) is 5.69 Å². The Labute approximate surface area is 101 Å². The average molecular weight is 230 g/mol. The monoisotopic (exact) mass is 230 g/mol. The van der Waals surface area contributed by atoms with E-state index < -0.39 is 0 Å². The molecular weight excluding hydrogens is 212 g/mol. The van der Waals surface area contributed by atoms with E-state index in [1.165, 1.54) is 32.1 Å². The highest BCUT2D eigenvalue weighted by atomic mass is 15.3. The number of nitrogens with zero attached hydrogens (tertiary/aromatic N) is 3. The summed E-state index contributed by atoms with van der Waals surface area (Å²) in [5, 5.41) is 4.63. The molecule has 0 saturated heterocycles. The van der Waals surface area contributed by atoms with Gasteiger partial charge in [0.2, 0.25) is 0 Å². The summed E-state index contributed by atoms with van der Waals surface area (Å²) in [7, 11) is 0. The summed E-state index contributed by atoms with van der Waals surface area (Å²) in [5.74, 6) is 0.533. The molecule has 1 aliphatic rings. The molecule has 1 saturated carbocycles. The fraction of sp³-hybridized carbons (Fsp3) is 0.538. The predicted molar refractivity (Wildman–Crippen MR) is 68.0 cm³/mol. The van der Waals surface area contributed by atoms with Crippen molar-refractivity contribution >= 4 is 11.3 Å². The molecule has 4 heteroatoms. The van der Waals surface area contributed by atoms with Crippen molar-refractivity contribution in [2.24, 2.45) is 0 Å². The minimum atomic E-state index is 0.533. The Morgan fingerprint density at radius 2 is 2.06 bits per heavy atom. The highest BCUT2D eigenvalue weighted by Gasteiger charge is 2.22. The fourth-order valence-corrected chi connectivity index (χ4v) is 2.74. The topological polar surface area (TPSA) is 56.2 Å². The van der Waals surface area contributed by atoms with Gasteiger partial charge < -0.3 is 5.73 Å². The first kappa shape index (κ1) is 10.6. The van der Waals surface area contributed by atoms with Crippen LogP contribution in [0.4, 0.5) is 5.69 Å². The minimum absolute atomic E-state index is 0.533. The van der Waals surface area contributed by atoms with Crippen LogP contribution in [0.3, 0.4) is 0 Å². The van der Waals surface area contributed by atoms with E-state index in [0.717, 1.165) is 22.6 Å². The van der Waals surface area contributed by atoms with Crippen molar-refractivity contribution in [1.29, 1.82) is 0 Å². The Bertz CT molecular complexity index is 538. The molecule has 3 rings (SSSR count). The van der Waals surface area contributed by atoms with Gasteiger partial charge in [-0.2, -0.15) is 5.10 Å². The van der Waals surface area contributed by atoms with E-state index in [1.54, 1.807) is 0 Å². The van der Waals surface area contributed by atoms with Crippen LogP contribution in [0, 0.1) is 6.92 Å². The van der Waals surface area contributed by atoms with Crippen molar-refractivity contribution in [3.05, 3.63) is 23.7 Å². The number of nitrogen functional groups attached to an aromatic ring is 1. The summed E-state index contributed by atoms with van der Waals surface area (Å²) >= 11 is 0. The van der Waals surface area contributed by atoms with E-state index in [1.807, 2.05) is 23.8 Å². The van der Waals surface area contributed by atoms with Crippen molar-refractivity contribution in [3.8, 4) is 0 Å². The molecule has 0 bridgehead atoms. The Hall–Kier alpha value is -1.58. The Morgan fingerprint density at radius 3 is 2.82 bits per heavy atom. The molecular formula is C13H18N4. The second-order valence-electron chi connectivity index (χ2n) is 5.03. The zero-order valence-electron chi connectivity index (χ0n) is 10.2. The van der Waals surface area contributed by atoms with Crippen molar-refractivity contribution in [1.82, 2.24) is 14.6 Å². The van der Waals surface area contributed by atoms with Crippen LogP contribution in [0.2, 0.25) is 0 Å². The molecule has 0 unspecified atom stereocenters. The van der Waals surface area contributed by atoms with E-state index in [0.29, 0.717) is 5.92 Å². The standard InChI is InChI=1S/C13H18N4/c1-9-7-15-13-11(14)12(16-17(13)8-9)10-5-3-2-4-6-10/h7-8,10H,2-6,14H2,1H3. The van der Waals surface area contributed by atoms with Crippen LogP contribution in [0.1, 0.15) is 49.3 Å². The zero-order valence-corrected chi connectivity index (χ0v) is 10.2. The van der Waals surface area contributed by atoms with Crippen LogP contribution >= 0.6 is 0 Å². The lowest BCUT2D eigenvalue weighted by Crippen LogP contribution is -2.07. The third-order valence-electron chi connectivity index (χ3n) is 3.66. The average Bonchev–Trinajstić information content (AvgIpc) is 2.67. The lowest BCUT2D eigenvalue weighted by atomic mass is 9.86. The second-order valence-corrected chi connectivity index (χ2v) is 5.03. The predicted octanol–water partition coefficient (Wildman–Crippen LogP) is 2.67. The summed E-state index contributed by atoms with van der Waals surface area (Å²) in [5.41, 5.74) is 9.92. The summed E-state index contributed by atoms with van der Waals surface area (Å²) in [4.78, 5) is 4.37. The summed E-state index contributed by atoms with van der Waals surface area (Å²) in [6, 6.07) is 0. The van der Waals surface area contributed by atoms with Crippen LogP contribution in [0.15, 0.2) is 12.4 Å². The number of anilines is 1. The molecule has 2 heterocycles. The van der Waals surface area contributed by atoms with Gasteiger partial charge in [-0.25, -0.2) is 9.50 Å². The second kappa shape index (κ2) is 4.02. The Morgan fingerprint density at radius 1 is 1.29 bits per heavy atom. The normalized spacial score (nSPS) is 17.7. The highest BCUT2D eigenvalue weighted by molar-refractivity contribution is 5.68. The molecule has 0 atom stereocenters. The molecule has 1 fully saturated rings. The van der Waals surface area contributed by atoms with E-state index in [-0.39, 0.29) is 0 Å². The van der Waals surface area contributed by atoms with Crippen molar-refractivity contribution < 1.29 is 0 Å². The van der Waals surface area contributed by atoms with Crippen molar-refractivity contribution in [2.75, 3.05) is 5.73 Å². The minimum Gasteiger partial charge on any atom is -0.394 e. The molecule has 17 heavy (non-hydrogen) atoms. The van der Waals surface area contributed by atoms with Crippen molar-refractivity contribution in [2.45, 2.75) is 44.9 Å². The van der Waals surface area contributed by atoms with Crippen LogP contribution < -0.4 is 5.73 Å². The smallest absolute Gasteiger partial charge is 0.178 e. The van der Waals surface area contributed by atoms with Gasteiger partial charge in [0.25, 0.3) is 0 Å². The molecule has 2 aromatic rings. The summed E-state index contributed by atoms with van der Waals surface area (Å²) in [6.45, 7) is 2.02. The highest BCUT2D eigenvalue weighted by Crippen LogP contribution is 2.35. The SMILES string of the molecule is Cc1cnc2c(N)c(C3CCCCC3)nn2c1. The van der Waals surface area contributed by atoms with Crippen LogP contribution in [0.25, 0.3) is 5.65 Å². The third-order valence-corrected chi connectivity index (χ3v) is 3.66. The first-order valence-corrected chi connectivity index (χ1v) is 6.36. The van der Waals surface area contributed by atoms with E-state index >= 15 is 0 Å². The maximum atomic E-state index is 6.17. The van der Waals surface area contributed by atoms with Crippen molar-refractivity contribution in [3.63, 3.8) is 0 Å². The van der Waals surface area contributed by atoms with Gasteiger partial charge in [-0.05, 0) is 25.3 Å². The molecule has 4 nitrogen and oxygen atoms in total. The number of fused-ring (bicyclic) bond motifs is 1. The van der Waals surface area contributed by atoms with E-state index in [2.05, 4.69) is 10.1 Å². The molecule has 2 aromatic heterocycles. The van der Waals surface area contributed by atoms with E-state index in [9.17, 15) is 0 Å². The Kier molecular flexibility index (Phi) is 2.50. The molecule has 0 aromatic carbocycles. The number of aromatic nitrogens is 3. The van der Waals surface area contributed by atoms with Gasteiger partial charge in [-0.3, -0.25) is 0 Å². The fourth-order valence-electron chi connectivity index (χ4n) is 2.74. The summed E-state index contributed by atoms with van der Waals surface area (Å²) < 4.78 is 1.83. The third kappa shape index (κ3) is 1.77. The largest absolute Gasteiger partial charge is 0.394 e. The quantitative estimate of drug-likeness (QED) is 0.819. The number of nitrogens with two attached hydrogens (primary N) is 1. The van der Waals surface area contributed by atoms with Gasteiger partial charge in [0, 0.05) is 18.3 Å². The van der Waals surface area contributed by atoms with Crippen LogP contribution in [-0.4, -0.2) is 14.6 Å². The number of aryl methyl sites for hydroxylation is 1. The first-order valence-electron chi connectivity index (χ1n) is 6.36. The maximum absolute atomic E-state index is 6.17. The van der Waals surface area contributed by atoms with Crippen LogP contribution in [-0.2, 0) is 0 Å². The molecule has 0 amide bonds. The molecule has 0 aliphatic heterocycles. The van der Waals surface area contributed by atoms with Gasteiger partial charge >= 0.3 is 0 Å². The molecule has 2 N–H and O–H groups in total. The maximum Gasteiger partial charge on any atom is 0.178 e. The lowest BCUT2D eigenvalue weighted by Gasteiger charge is -2.19. The molecule has 1 aliphatic carbocycles.